The fourth-order valence-electron chi connectivity index (χ4n) is 2.34. The van der Waals surface area contributed by atoms with E-state index in [1.807, 2.05) is 0 Å². The molecule has 0 aromatic heterocycles. The van der Waals surface area contributed by atoms with Gasteiger partial charge in [0.2, 0.25) is 0 Å². The Hall–Kier alpha value is -1.23. The van der Waals surface area contributed by atoms with Crippen LogP contribution in [-0.2, 0) is 6.18 Å². The number of rotatable bonds is 2. The number of halogens is 3. The molecule has 1 aromatic carbocycles. The molecule has 2 rings (SSSR count). The number of hydrogen-bond donors (Lipinski definition) is 2. The monoisotopic (exact) mass is 258 g/mol. The second kappa shape index (κ2) is 5.18. The van der Waals surface area contributed by atoms with E-state index in [0.717, 1.165) is 37.8 Å². The van der Waals surface area contributed by atoms with Crippen molar-refractivity contribution in [2.75, 3.05) is 5.32 Å². The Morgan fingerprint density at radius 1 is 1.17 bits per heavy atom. The number of anilines is 1. The number of nitrogens with two attached hydrogens (primary N) is 1. The molecule has 0 aliphatic heterocycles. The fourth-order valence-corrected chi connectivity index (χ4v) is 2.34. The second-order valence-electron chi connectivity index (χ2n) is 4.78. The molecule has 2 nitrogen and oxygen atoms in total. The van der Waals surface area contributed by atoms with Crippen molar-refractivity contribution < 1.29 is 13.2 Å². The first-order valence-electron chi connectivity index (χ1n) is 6.16. The van der Waals surface area contributed by atoms with Crippen LogP contribution in [-0.4, -0.2) is 12.1 Å². The Bertz CT molecular complexity index is 403. The molecular weight excluding hydrogens is 241 g/mol. The normalized spacial score (nSPS) is 24.9. The Balaban J connectivity index is 2.09. The maximum absolute atomic E-state index is 12.6. The standard InChI is InChI=1S/C13H17F3N2/c14-13(15,16)9-4-3-5-10(8-9)18-12-7-2-1-6-11(12)17/h3-5,8,11-12,18H,1-2,6-7,17H2/t11-,12+/m1/s1. The fraction of sp³-hybridized carbons (Fsp3) is 0.538. The minimum Gasteiger partial charge on any atom is -0.381 e. The third-order valence-corrected chi connectivity index (χ3v) is 3.36. The van der Waals surface area contributed by atoms with E-state index in [0.29, 0.717) is 5.69 Å². The molecule has 0 heterocycles. The molecule has 1 fully saturated rings. The second-order valence-corrected chi connectivity index (χ2v) is 4.78. The van der Waals surface area contributed by atoms with Gasteiger partial charge < -0.3 is 11.1 Å². The lowest BCUT2D eigenvalue weighted by Gasteiger charge is -2.30. The highest BCUT2D eigenvalue weighted by Gasteiger charge is 2.30. The highest BCUT2D eigenvalue weighted by Crippen LogP contribution is 2.31. The minimum absolute atomic E-state index is 0.0216. The molecule has 0 radical (unpaired) electrons. The summed E-state index contributed by atoms with van der Waals surface area (Å²) in [6, 6.07) is 5.37. The van der Waals surface area contributed by atoms with E-state index in [4.69, 9.17) is 5.73 Å². The van der Waals surface area contributed by atoms with E-state index in [9.17, 15) is 13.2 Å². The molecule has 0 amide bonds. The summed E-state index contributed by atoms with van der Waals surface area (Å²) in [6.45, 7) is 0. The molecule has 3 N–H and O–H groups in total. The first-order valence-corrected chi connectivity index (χ1v) is 6.16. The van der Waals surface area contributed by atoms with Crippen LogP contribution in [0.15, 0.2) is 24.3 Å². The van der Waals surface area contributed by atoms with E-state index < -0.39 is 11.7 Å². The summed E-state index contributed by atoms with van der Waals surface area (Å²) < 4.78 is 37.7. The molecule has 0 bridgehead atoms. The van der Waals surface area contributed by atoms with Gasteiger partial charge in [-0.3, -0.25) is 0 Å². The SMILES string of the molecule is N[C@@H]1CCCC[C@@H]1Nc1cccc(C(F)(F)F)c1. The van der Waals surface area contributed by atoms with Gasteiger partial charge in [-0.15, -0.1) is 0 Å². The molecule has 0 spiro atoms. The zero-order valence-corrected chi connectivity index (χ0v) is 10.0. The summed E-state index contributed by atoms with van der Waals surface area (Å²) >= 11 is 0. The lowest BCUT2D eigenvalue weighted by atomic mass is 9.91. The van der Waals surface area contributed by atoms with Crippen molar-refractivity contribution in [1.82, 2.24) is 0 Å². The average molecular weight is 258 g/mol. The maximum Gasteiger partial charge on any atom is 0.416 e. The quantitative estimate of drug-likeness (QED) is 0.853. The summed E-state index contributed by atoms with van der Waals surface area (Å²) in [7, 11) is 0. The topological polar surface area (TPSA) is 38.0 Å². The van der Waals surface area contributed by atoms with Gasteiger partial charge in [0.25, 0.3) is 0 Å². The third-order valence-electron chi connectivity index (χ3n) is 3.36. The van der Waals surface area contributed by atoms with E-state index in [-0.39, 0.29) is 12.1 Å². The summed E-state index contributed by atoms with van der Waals surface area (Å²) in [5.41, 5.74) is 5.83. The van der Waals surface area contributed by atoms with Gasteiger partial charge in [0.05, 0.1) is 5.56 Å². The van der Waals surface area contributed by atoms with Gasteiger partial charge in [0.1, 0.15) is 0 Å². The van der Waals surface area contributed by atoms with Crippen molar-refractivity contribution in [3.05, 3.63) is 29.8 Å². The molecule has 100 valence electrons. The van der Waals surface area contributed by atoms with Gasteiger partial charge in [-0.05, 0) is 31.0 Å². The Morgan fingerprint density at radius 3 is 2.56 bits per heavy atom. The van der Waals surface area contributed by atoms with Crippen molar-refractivity contribution in [2.45, 2.75) is 43.9 Å². The van der Waals surface area contributed by atoms with Crippen molar-refractivity contribution in [2.24, 2.45) is 5.73 Å². The highest BCUT2D eigenvalue weighted by atomic mass is 19.4. The lowest BCUT2D eigenvalue weighted by Crippen LogP contribution is -2.42. The Kier molecular flexibility index (Phi) is 3.80. The Labute approximate surface area is 104 Å². The first-order chi connectivity index (χ1) is 8.47. The van der Waals surface area contributed by atoms with Crippen LogP contribution in [0.25, 0.3) is 0 Å². The van der Waals surface area contributed by atoms with Crippen molar-refractivity contribution in [1.29, 1.82) is 0 Å². The predicted octanol–water partition coefficient (Wildman–Crippen LogP) is 3.39. The third kappa shape index (κ3) is 3.16. The van der Waals surface area contributed by atoms with Crippen LogP contribution in [0.5, 0.6) is 0 Å². The molecule has 0 saturated heterocycles. The van der Waals surface area contributed by atoms with Crippen LogP contribution in [0, 0.1) is 0 Å². The zero-order chi connectivity index (χ0) is 13.2. The molecular formula is C13H17F3N2. The summed E-state index contributed by atoms with van der Waals surface area (Å²) in [5.74, 6) is 0. The van der Waals surface area contributed by atoms with Gasteiger partial charge in [-0.2, -0.15) is 13.2 Å². The molecule has 1 saturated carbocycles. The average Bonchev–Trinajstić information content (AvgIpc) is 2.31. The van der Waals surface area contributed by atoms with Crippen LogP contribution >= 0.6 is 0 Å². The van der Waals surface area contributed by atoms with Crippen molar-refractivity contribution >= 4 is 5.69 Å². The smallest absolute Gasteiger partial charge is 0.381 e. The summed E-state index contributed by atoms with van der Waals surface area (Å²) in [4.78, 5) is 0. The Morgan fingerprint density at radius 2 is 1.89 bits per heavy atom. The van der Waals surface area contributed by atoms with E-state index in [1.54, 1.807) is 6.07 Å². The molecule has 5 heteroatoms. The molecule has 1 aliphatic rings. The summed E-state index contributed by atoms with van der Waals surface area (Å²) in [5, 5.41) is 3.12. The minimum atomic E-state index is -4.30. The number of hydrogen-bond acceptors (Lipinski definition) is 2. The highest BCUT2D eigenvalue weighted by molar-refractivity contribution is 5.47. The molecule has 2 atom stereocenters. The first kappa shape index (κ1) is 13.2. The van der Waals surface area contributed by atoms with Crippen LogP contribution in [0.1, 0.15) is 31.2 Å². The van der Waals surface area contributed by atoms with Crippen molar-refractivity contribution in [3.8, 4) is 0 Å². The molecule has 1 aromatic rings. The number of nitrogens with one attached hydrogen (secondary N) is 1. The summed E-state index contributed by atoms with van der Waals surface area (Å²) in [6.07, 6.45) is -0.285. The molecule has 0 unspecified atom stereocenters. The van der Waals surface area contributed by atoms with Gasteiger partial charge in [-0.1, -0.05) is 18.9 Å². The van der Waals surface area contributed by atoms with Crippen molar-refractivity contribution in [3.63, 3.8) is 0 Å². The lowest BCUT2D eigenvalue weighted by molar-refractivity contribution is -0.137. The van der Waals surface area contributed by atoms with Gasteiger partial charge >= 0.3 is 6.18 Å². The van der Waals surface area contributed by atoms with E-state index >= 15 is 0 Å². The van der Waals surface area contributed by atoms with Gasteiger partial charge in [0, 0.05) is 17.8 Å². The predicted molar refractivity (Wildman–Crippen MR) is 65.3 cm³/mol. The maximum atomic E-state index is 12.6. The number of alkyl halides is 3. The van der Waals surface area contributed by atoms with Gasteiger partial charge in [0.15, 0.2) is 0 Å². The van der Waals surface area contributed by atoms with E-state index in [2.05, 4.69) is 5.32 Å². The number of benzene rings is 1. The zero-order valence-electron chi connectivity index (χ0n) is 10.0. The van der Waals surface area contributed by atoms with Crippen LogP contribution in [0.4, 0.5) is 18.9 Å². The van der Waals surface area contributed by atoms with Gasteiger partial charge in [-0.25, -0.2) is 0 Å². The van der Waals surface area contributed by atoms with Crippen LogP contribution in [0.3, 0.4) is 0 Å². The molecule has 1 aliphatic carbocycles. The van der Waals surface area contributed by atoms with Crippen LogP contribution < -0.4 is 11.1 Å². The molecule has 18 heavy (non-hydrogen) atoms. The van der Waals surface area contributed by atoms with E-state index in [1.165, 1.54) is 6.07 Å². The van der Waals surface area contributed by atoms with Crippen LogP contribution in [0.2, 0.25) is 0 Å². The largest absolute Gasteiger partial charge is 0.416 e.